The Labute approximate surface area is 191 Å². The average molecular weight is 441 g/mol. The number of carbonyl (C=O) groups excluding carboxylic acids is 2. The van der Waals surface area contributed by atoms with Crippen LogP contribution in [0.2, 0.25) is 0 Å². The Bertz CT molecular complexity index is 938. The summed E-state index contributed by atoms with van der Waals surface area (Å²) in [6.45, 7) is 10.9. The summed E-state index contributed by atoms with van der Waals surface area (Å²) >= 11 is 0. The first-order valence-electron chi connectivity index (χ1n) is 11.4. The highest BCUT2D eigenvalue weighted by molar-refractivity contribution is 5.92. The lowest BCUT2D eigenvalue weighted by atomic mass is 9.87. The maximum absolute atomic E-state index is 12.3. The third-order valence-corrected chi connectivity index (χ3v) is 5.23. The molecule has 0 aliphatic carbocycles. The summed E-state index contributed by atoms with van der Waals surface area (Å²) < 4.78 is 10.3. The first kappa shape index (κ1) is 25.4. The molecular weight excluding hydrogens is 404 g/mol. The van der Waals surface area contributed by atoms with E-state index in [1.807, 2.05) is 65.1 Å². The number of esters is 1. The van der Waals surface area contributed by atoms with E-state index < -0.39 is 5.60 Å². The summed E-state index contributed by atoms with van der Waals surface area (Å²) in [5.74, 6) is -0.00425. The minimum Gasteiger partial charge on any atom is -0.466 e. The number of likely N-dealkylation sites (tertiary alicyclic amines) is 1. The molecule has 0 unspecified atom stereocenters. The van der Waals surface area contributed by atoms with Crippen LogP contribution >= 0.6 is 0 Å². The van der Waals surface area contributed by atoms with Crippen molar-refractivity contribution < 1.29 is 19.1 Å². The second kappa shape index (κ2) is 11.7. The smallest absolute Gasteiger partial charge is 0.410 e. The third-order valence-electron chi connectivity index (χ3n) is 5.23. The van der Waals surface area contributed by atoms with Crippen LogP contribution in [0.25, 0.3) is 16.5 Å². The topological polar surface area (TPSA) is 68.7 Å². The Kier molecular flexibility index (Phi) is 9.24. The Balaban J connectivity index is 0.00000176. The molecule has 1 aliphatic rings. The van der Waals surface area contributed by atoms with Gasteiger partial charge in [-0.3, -0.25) is 4.98 Å². The van der Waals surface area contributed by atoms with Crippen molar-refractivity contribution >= 4 is 28.5 Å². The number of hydrogen-bond donors (Lipinski definition) is 0. The van der Waals surface area contributed by atoms with Gasteiger partial charge in [-0.2, -0.15) is 0 Å². The zero-order valence-corrected chi connectivity index (χ0v) is 20.2. The van der Waals surface area contributed by atoms with Crippen LogP contribution in [0.3, 0.4) is 0 Å². The predicted molar refractivity (Wildman–Crippen MR) is 128 cm³/mol. The van der Waals surface area contributed by atoms with Crippen molar-refractivity contribution in [1.29, 1.82) is 0 Å². The Hall–Kier alpha value is -2.89. The molecule has 0 spiro atoms. The van der Waals surface area contributed by atoms with E-state index >= 15 is 0 Å². The van der Waals surface area contributed by atoms with Crippen LogP contribution in [0, 0.1) is 5.92 Å². The molecule has 2 heterocycles. The van der Waals surface area contributed by atoms with Gasteiger partial charge in [0.25, 0.3) is 0 Å². The van der Waals surface area contributed by atoms with Gasteiger partial charge in [0.05, 0.1) is 12.6 Å². The van der Waals surface area contributed by atoms with Crippen molar-refractivity contribution in [3.05, 3.63) is 48.2 Å². The molecule has 0 saturated carbocycles. The van der Waals surface area contributed by atoms with Crippen molar-refractivity contribution in [1.82, 2.24) is 9.88 Å². The number of aromatic nitrogens is 1. The van der Waals surface area contributed by atoms with Crippen LogP contribution in [-0.4, -0.2) is 47.7 Å². The van der Waals surface area contributed by atoms with Crippen LogP contribution in [0.5, 0.6) is 0 Å². The summed E-state index contributed by atoms with van der Waals surface area (Å²) in [5, 5.41) is 1.03. The minimum absolute atomic E-state index is 0.259. The highest BCUT2D eigenvalue weighted by Crippen LogP contribution is 2.31. The fourth-order valence-corrected chi connectivity index (χ4v) is 3.67. The molecule has 1 amide bonds. The lowest BCUT2D eigenvalue weighted by molar-refractivity contribution is -0.134. The van der Waals surface area contributed by atoms with E-state index in [0.717, 1.165) is 41.3 Å². The van der Waals surface area contributed by atoms with E-state index in [4.69, 9.17) is 9.47 Å². The molecule has 32 heavy (non-hydrogen) atoms. The second-order valence-corrected chi connectivity index (χ2v) is 8.72. The summed E-state index contributed by atoms with van der Waals surface area (Å²) in [4.78, 5) is 30.6. The Morgan fingerprint density at radius 1 is 1.16 bits per heavy atom. The summed E-state index contributed by atoms with van der Waals surface area (Å²) in [5.41, 5.74) is 2.27. The van der Waals surface area contributed by atoms with Gasteiger partial charge in [-0.1, -0.05) is 32.0 Å². The van der Waals surface area contributed by atoms with Crippen LogP contribution in [-0.2, 0) is 14.3 Å². The second-order valence-electron chi connectivity index (χ2n) is 8.72. The molecule has 2 aromatic rings. The molecule has 1 aliphatic heterocycles. The highest BCUT2D eigenvalue weighted by atomic mass is 16.6. The molecule has 0 radical (unpaired) electrons. The number of rotatable bonds is 4. The molecule has 1 saturated heterocycles. The Morgan fingerprint density at radius 2 is 1.81 bits per heavy atom. The average Bonchev–Trinajstić information content (AvgIpc) is 2.79. The zero-order chi connectivity index (χ0) is 23.7. The lowest BCUT2D eigenvalue weighted by Gasteiger charge is -2.33. The first-order chi connectivity index (χ1) is 15.2. The van der Waals surface area contributed by atoms with Gasteiger partial charge < -0.3 is 14.4 Å². The molecule has 1 aromatic carbocycles. The molecule has 0 atom stereocenters. The third kappa shape index (κ3) is 7.36. The monoisotopic (exact) mass is 440 g/mol. The number of para-hydroxylation sites is 1. The number of pyridine rings is 1. The lowest BCUT2D eigenvalue weighted by Crippen LogP contribution is -2.41. The number of hydrogen-bond acceptors (Lipinski definition) is 5. The van der Waals surface area contributed by atoms with Gasteiger partial charge in [0.15, 0.2) is 0 Å². The molecule has 1 fully saturated rings. The van der Waals surface area contributed by atoms with Crippen LogP contribution < -0.4 is 0 Å². The number of amides is 1. The van der Waals surface area contributed by atoms with Crippen LogP contribution in [0.4, 0.5) is 4.79 Å². The number of piperidine rings is 1. The maximum atomic E-state index is 12.3. The largest absolute Gasteiger partial charge is 0.466 e. The van der Waals surface area contributed by atoms with Gasteiger partial charge in [0.2, 0.25) is 0 Å². The zero-order valence-electron chi connectivity index (χ0n) is 20.2. The normalized spacial score (nSPS) is 15.1. The molecule has 6 nitrogen and oxygen atoms in total. The predicted octanol–water partition coefficient (Wildman–Crippen LogP) is 5.85. The van der Waals surface area contributed by atoms with Crippen molar-refractivity contribution in [3.8, 4) is 0 Å². The number of fused-ring (bicyclic) bond motifs is 1. The van der Waals surface area contributed by atoms with Gasteiger partial charge in [-0.25, -0.2) is 9.59 Å². The van der Waals surface area contributed by atoms with Crippen molar-refractivity contribution in [2.45, 2.75) is 59.5 Å². The van der Waals surface area contributed by atoms with Crippen LogP contribution in [0.15, 0.2) is 42.6 Å². The highest BCUT2D eigenvalue weighted by Gasteiger charge is 2.27. The number of ether oxygens (including phenoxy) is 2. The standard InChI is InChI=1S/C24H30N2O4.C2H6/c1-24(2,3)30-23(28)26-11-9-17(10-12-26)13-19(15-22(27)29-4)20-14-18-7-5-6-8-21(18)25-16-20;1-2/h5-8,14-17H,9-13H2,1-4H3;1-2H3/b19-15-;. The summed E-state index contributed by atoms with van der Waals surface area (Å²) in [6, 6.07) is 9.98. The number of allylic oxidation sites excluding steroid dienone is 1. The van der Waals surface area contributed by atoms with Crippen molar-refractivity contribution in [3.63, 3.8) is 0 Å². The van der Waals surface area contributed by atoms with Gasteiger partial charge in [-0.15, -0.1) is 0 Å². The summed E-state index contributed by atoms with van der Waals surface area (Å²) in [6.07, 6.45) is 5.57. The van der Waals surface area contributed by atoms with E-state index in [1.165, 1.54) is 7.11 Å². The maximum Gasteiger partial charge on any atom is 0.410 e. The van der Waals surface area contributed by atoms with Crippen molar-refractivity contribution in [2.24, 2.45) is 5.92 Å². The quantitative estimate of drug-likeness (QED) is 0.440. The van der Waals surface area contributed by atoms with E-state index in [2.05, 4.69) is 11.1 Å². The molecule has 0 N–H and O–H groups in total. The molecule has 0 bridgehead atoms. The molecular formula is C26H36N2O4. The number of methoxy groups -OCH3 is 1. The van der Waals surface area contributed by atoms with Gasteiger partial charge >= 0.3 is 12.1 Å². The van der Waals surface area contributed by atoms with Crippen LogP contribution in [0.1, 0.15) is 59.4 Å². The summed E-state index contributed by atoms with van der Waals surface area (Å²) in [7, 11) is 1.38. The van der Waals surface area contributed by atoms with Gasteiger partial charge in [0.1, 0.15) is 5.60 Å². The first-order valence-corrected chi connectivity index (χ1v) is 11.4. The van der Waals surface area contributed by atoms with Gasteiger partial charge in [-0.05, 0) is 69.2 Å². The van der Waals surface area contributed by atoms with E-state index in [-0.39, 0.29) is 12.1 Å². The molecule has 6 heteroatoms. The minimum atomic E-state index is -0.493. The SMILES string of the molecule is CC.COC(=O)/C=C(/CC1CCN(C(=O)OC(C)(C)C)CC1)c1cnc2ccccc2c1. The van der Waals surface area contributed by atoms with E-state index in [9.17, 15) is 9.59 Å². The fraction of sp³-hybridized carbons (Fsp3) is 0.500. The fourth-order valence-electron chi connectivity index (χ4n) is 3.67. The van der Waals surface area contributed by atoms with E-state index in [1.54, 1.807) is 11.0 Å². The number of carbonyl (C=O) groups is 2. The number of benzene rings is 1. The van der Waals surface area contributed by atoms with Gasteiger partial charge in [0, 0.05) is 30.7 Å². The molecule has 1 aromatic heterocycles. The van der Waals surface area contributed by atoms with E-state index in [0.29, 0.717) is 19.0 Å². The number of nitrogens with zero attached hydrogens (tertiary/aromatic N) is 2. The molecule has 3 rings (SSSR count). The molecule has 174 valence electrons. The van der Waals surface area contributed by atoms with Crippen molar-refractivity contribution in [2.75, 3.05) is 20.2 Å². The Morgan fingerprint density at radius 3 is 2.44 bits per heavy atom.